The molecule has 0 aliphatic heterocycles. The molecule has 2 rings (SSSR count). The summed E-state index contributed by atoms with van der Waals surface area (Å²) in [5.74, 6) is -2.73. The Hall–Kier alpha value is -2.56. The molecular formula is C15H10F6O8S2. The first kappa shape index (κ1) is 24.7. The summed E-state index contributed by atoms with van der Waals surface area (Å²) >= 11 is 0. The minimum Gasteiger partial charge on any atom is -0.506 e. The van der Waals surface area contributed by atoms with Crippen molar-refractivity contribution in [3.8, 4) is 11.5 Å². The zero-order chi connectivity index (χ0) is 24.2. The van der Waals surface area contributed by atoms with Gasteiger partial charge >= 0.3 is 12.4 Å². The second kappa shape index (κ2) is 7.25. The Morgan fingerprint density at radius 1 is 0.613 bits per heavy atom. The fraction of sp³-hybridized carbons (Fsp3) is 0.200. The molecule has 0 spiro atoms. The van der Waals surface area contributed by atoms with E-state index < -0.39 is 70.4 Å². The van der Waals surface area contributed by atoms with Crippen LogP contribution in [0.15, 0.2) is 46.2 Å². The summed E-state index contributed by atoms with van der Waals surface area (Å²) in [5, 5.41) is 18.9. The van der Waals surface area contributed by atoms with Crippen molar-refractivity contribution in [2.75, 3.05) is 0 Å². The van der Waals surface area contributed by atoms with E-state index in [2.05, 4.69) is 0 Å². The van der Waals surface area contributed by atoms with Crippen LogP contribution in [-0.4, -0.2) is 48.5 Å². The summed E-state index contributed by atoms with van der Waals surface area (Å²) in [6.07, 6.45) is -12.6. The van der Waals surface area contributed by atoms with E-state index in [9.17, 15) is 53.4 Å². The Morgan fingerprint density at radius 2 is 0.903 bits per heavy atom. The third kappa shape index (κ3) is 4.15. The molecule has 16 heteroatoms. The fourth-order valence-electron chi connectivity index (χ4n) is 2.89. The Bertz CT molecular complexity index is 1140. The van der Waals surface area contributed by atoms with Gasteiger partial charge in [-0.15, -0.1) is 0 Å². The lowest BCUT2D eigenvalue weighted by molar-refractivity contribution is -0.288. The molecule has 0 unspecified atom stereocenters. The van der Waals surface area contributed by atoms with Crippen LogP contribution in [0.2, 0.25) is 0 Å². The van der Waals surface area contributed by atoms with Gasteiger partial charge in [0.25, 0.3) is 20.2 Å². The molecule has 2 aromatic carbocycles. The van der Waals surface area contributed by atoms with Gasteiger partial charge in [-0.3, -0.25) is 9.11 Å². The monoisotopic (exact) mass is 496 g/mol. The topological polar surface area (TPSA) is 149 Å². The summed E-state index contributed by atoms with van der Waals surface area (Å²) < 4.78 is 147. The normalized spacial score (nSPS) is 13.9. The minimum absolute atomic E-state index is 0.0605. The van der Waals surface area contributed by atoms with Crippen LogP contribution < -0.4 is 0 Å². The lowest BCUT2D eigenvalue weighted by atomic mass is 9.73. The zero-order valence-corrected chi connectivity index (χ0v) is 16.1. The number of halogens is 6. The highest BCUT2D eigenvalue weighted by Crippen LogP contribution is 2.57. The predicted octanol–water partition coefficient (Wildman–Crippen LogP) is 3.00. The average molecular weight is 496 g/mol. The minimum atomic E-state index is -6.31. The predicted molar refractivity (Wildman–Crippen MR) is 88.7 cm³/mol. The van der Waals surface area contributed by atoms with Crippen LogP contribution >= 0.6 is 0 Å². The molecule has 4 N–H and O–H groups in total. The SMILES string of the molecule is O=S(=O)(O)c1cc(C(c2ccc(O)c(S(=O)(=O)O)c2)(C(F)(F)F)C(F)(F)F)ccc1O. The molecule has 0 bridgehead atoms. The van der Waals surface area contributed by atoms with Crippen LogP contribution in [0.25, 0.3) is 0 Å². The molecule has 2 aromatic rings. The Labute approximate surface area is 169 Å². The first-order chi connectivity index (χ1) is 13.7. The molecule has 0 aliphatic rings. The summed E-state index contributed by atoms with van der Waals surface area (Å²) in [5.41, 5.74) is -8.85. The molecule has 0 saturated heterocycles. The molecule has 0 radical (unpaired) electrons. The van der Waals surface area contributed by atoms with Crippen molar-refractivity contribution in [1.29, 1.82) is 0 Å². The van der Waals surface area contributed by atoms with E-state index in [-0.39, 0.29) is 36.4 Å². The maximum atomic E-state index is 14.0. The van der Waals surface area contributed by atoms with Gasteiger partial charge < -0.3 is 10.2 Å². The number of phenolic OH excluding ortho intramolecular Hbond substituents is 2. The van der Waals surface area contributed by atoms with Gasteiger partial charge in [0, 0.05) is 0 Å². The zero-order valence-electron chi connectivity index (χ0n) is 14.5. The second-order valence-corrected chi connectivity index (χ2v) is 8.84. The van der Waals surface area contributed by atoms with Crippen molar-refractivity contribution in [2.24, 2.45) is 0 Å². The Balaban J connectivity index is 3.13. The van der Waals surface area contributed by atoms with E-state index in [1.165, 1.54) is 0 Å². The van der Waals surface area contributed by atoms with Crippen molar-refractivity contribution in [3.63, 3.8) is 0 Å². The maximum Gasteiger partial charge on any atom is 0.411 e. The molecule has 0 atom stereocenters. The smallest absolute Gasteiger partial charge is 0.411 e. The van der Waals surface area contributed by atoms with Crippen molar-refractivity contribution < 1.29 is 62.5 Å². The maximum absolute atomic E-state index is 14.0. The Morgan fingerprint density at radius 3 is 1.13 bits per heavy atom. The van der Waals surface area contributed by atoms with Crippen LogP contribution in [0.1, 0.15) is 11.1 Å². The average Bonchev–Trinajstić information content (AvgIpc) is 2.53. The second-order valence-electron chi connectivity index (χ2n) is 6.06. The van der Waals surface area contributed by atoms with Gasteiger partial charge in [-0.05, 0) is 35.4 Å². The summed E-state index contributed by atoms with van der Waals surface area (Å²) in [4.78, 5) is -3.37. The standard InChI is InChI=1S/C15H10F6O8S2/c16-14(17,18)13(15(19,20)21,7-1-3-9(22)11(5-7)30(24,25)26)8-2-4-10(23)12(6-8)31(27,28)29/h1-6,22-23H,(H,24,25,26)(H,27,28,29). The third-order valence-corrected chi connectivity index (χ3v) is 5.96. The van der Waals surface area contributed by atoms with E-state index in [4.69, 9.17) is 9.11 Å². The van der Waals surface area contributed by atoms with E-state index in [0.717, 1.165) is 0 Å². The molecular weight excluding hydrogens is 486 g/mol. The van der Waals surface area contributed by atoms with Crippen molar-refractivity contribution in [2.45, 2.75) is 27.6 Å². The van der Waals surface area contributed by atoms with Gasteiger partial charge in [0.2, 0.25) is 5.41 Å². The van der Waals surface area contributed by atoms with Crippen LogP contribution in [0.4, 0.5) is 26.3 Å². The highest BCUT2D eigenvalue weighted by Gasteiger charge is 2.72. The first-order valence-corrected chi connectivity index (χ1v) is 10.4. The van der Waals surface area contributed by atoms with Crippen LogP contribution in [0.5, 0.6) is 11.5 Å². The highest BCUT2D eigenvalue weighted by atomic mass is 32.2. The largest absolute Gasteiger partial charge is 0.506 e. The first-order valence-electron chi connectivity index (χ1n) is 7.50. The number of hydrogen-bond acceptors (Lipinski definition) is 6. The number of aromatic hydroxyl groups is 2. The number of rotatable bonds is 4. The Kier molecular flexibility index (Phi) is 5.78. The highest BCUT2D eigenvalue weighted by molar-refractivity contribution is 7.86. The molecule has 8 nitrogen and oxygen atoms in total. The van der Waals surface area contributed by atoms with Crippen molar-refractivity contribution in [3.05, 3.63) is 47.5 Å². The molecule has 31 heavy (non-hydrogen) atoms. The van der Waals surface area contributed by atoms with Gasteiger partial charge in [-0.2, -0.15) is 43.2 Å². The van der Waals surface area contributed by atoms with Gasteiger partial charge in [0.05, 0.1) is 0 Å². The number of hydrogen-bond donors (Lipinski definition) is 4. The van der Waals surface area contributed by atoms with Crippen LogP contribution in [0, 0.1) is 0 Å². The fourth-order valence-corrected chi connectivity index (χ4v) is 4.11. The van der Waals surface area contributed by atoms with Gasteiger partial charge in [-0.1, -0.05) is 12.1 Å². The molecule has 0 amide bonds. The summed E-state index contributed by atoms with van der Waals surface area (Å²) in [6, 6.07) is -0.156. The van der Waals surface area contributed by atoms with Crippen molar-refractivity contribution >= 4 is 20.2 Å². The molecule has 0 heterocycles. The molecule has 0 aliphatic carbocycles. The van der Waals surface area contributed by atoms with E-state index in [1.54, 1.807) is 0 Å². The number of phenols is 2. The van der Waals surface area contributed by atoms with Crippen molar-refractivity contribution in [1.82, 2.24) is 0 Å². The van der Waals surface area contributed by atoms with Gasteiger partial charge in [0.1, 0.15) is 21.3 Å². The lowest BCUT2D eigenvalue weighted by Crippen LogP contribution is -2.54. The number of alkyl halides is 6. The van der Waals surface area contributed by atoms with Crippen LogP contribution in [-0.2, 0) is 25.7 Å². The molecule has 0 fully saturated rings. The van der Waals surface area contributed by atoms with Gasteiger partial charge in [0.15, 0.2) is 0 Å². The van der Waals surface area contributed by atoms with E-state index in [0.29, 0.717) is 0 Å². The summed E-state index contributed by atoms with van der Waals surface area (Å²) in [6.45, 7) is 0. The molecule has 0 aromatic heterocycles. The van der Waals surface area contributed by atoms with Crippen LogP contribution in [0.3, 0.4) is 0 Å². The quantitative estimate of drug-likeness (QED) is 0.373. The van der Waals surface area contributed by atoms with Gasteiger partial charge in [-0.25, -0.2) is 0 Å². The summed E-state index contributed by atoms with van der Waals surface area (Å²) in [7, 11) is -11.0. The molecule has 172 valence electrons. The lowest BCUT2D eigenvalue weighted by Gasteiger charge is -2.38. The molecule has 0 saturated carbocycles. The van der Waals surface area contributed by atoms with E-state index in [1.807, 2.05) is 0 Å². The van der Waals surface area contributed by atoms with E-state index >= 15 is 0 Å². The number of benzene rings is 2. The third-order valence-electron chi connectivity index (χ3n) is 4.19.